The molecule has 3 aromatic rings. The summed E-state index contributed by atoms with van der Waals surface area (Å²) in [6, 6.07) is 9.63. The Morgan fingerprint density at radius 3 is 2.57 bits per heavy atom. The van der Waals surface area contributed by atoms with E-state index in [4.69, 9.17) is 0 Å². The molecule has 1 aromatic carbocycles. The largest absolute Gasteiger partial charge is 0.339 e. The van der Waals surface area contributed by atoms with E-state index in [0.29, 0.717) is 23.7 Å². The molecular formula is C19H20N4O4S. The number of nitrogens with zero attached hydrogens (tertiary/aromatic N) is 2. The number of benzene rings is 1. The summed E-state index contributed by atoms with van der Waals surface area (Å²) < 4.78 is 30.6. The van der Waals surface area contributed by atoms with E-state index in [1.54, 1.807) is 36.5 Å². The van der Waals surface area contributed by atoms with Crippen LogP contribution in [-0.2, 0) is 16.6 Å². The molecule has 0 saturated carbocycles. The molecule has 0 bridgehead atoms. The van der Waals surface area contributed by atoms with Crippen LogP contribution in [0.1, 0.15) is 20.3 Å². The number of rotatable bonds is 3. The molecule has 28 heavy (non-hydrogen) atoms. The summed E-state index contributed by atoms with van der Waals surface area (Å²) in [5.41, 5.74) is -0.441. The summed E-state index contributed by atoms with van der Waals surface area (Å²) in [6.45, 7) is 4.50. The fraction of sp³-hybridized carbons (Fsp3) is 0.263. The van der Waals surface area contributed by atoms with Crippen LogP contribution in [0.15, 0.2) is 57.1 Å². The van der Waals surface area contributed by atoms with Crippen molar-refractivity contribution in [3.05, 3.63) is 68.4 Å². The Labute approximate surface area is 161 Å². The minimum Gasteiger partial charge on any atom is -0.339 e. The maximum Gasteiger partial charge on any atom is 0.280 e. The van der Waals surface area contributed by atoms with Crippen molar-refractivity contribution in [2.24, 2.45) is 5.92 Å². The van der Waals surface area contributed by atoms with Crippen LogP contribution >= 0.6 is 0 Å². The minimum atomic E-state index is -3.89. The van der Waals surface area contributed by atoms with Crippen LogP contribution in [0.5, 0.6) is 0 Å². The van der Waals surface area contributed by atoms with Gasteiger partial charge in [0.2, 0.25) is 5.43 Å². The zero-order valence-electron chi connectivity index (χ0n) is 15.5. The maximum atomic E-state index is 13.2. The molecular weight excluding hydrogens is 380 g/mol. The van der Waals surface area contributed by atoms with Gasteiger partial charge in [-0.3, -0.25) is 18.8 Å². The van der Waals surface area contributed by atoms with E-state index in [1.807, 2.05) is 13.8 Å². The molecule has 1 aliphatic rings. The van der Waals surface area contributed by atoms with Gasteiger partial charge in [-0.15, -0.1) is 0 Å². The van der Waals surface area contributed by atoms with Crippen LogP contribution in [0.3, 0.4) is 0 Å². The predicted molar refractivity (Wildman–Crippen MR) is 106 cm³/mol. The van der Waals surface area contributed by atoms with Crippen molar-refractivity contribution < 1.29 is 8.42 Å². The predicted octanol–water partition coefficient (Wildman–Crippen LogP) is 0.696. The molecule has 4 rings (SSSR count). The highest BCUT2D eigenvalue weighted by Gasteiger charge is 2.27. The van der Waals surface area contributed by atoms with E-state index in [1.165, 1.54) is 15.3 Å². The summed E-state index contributed by atoms with van der Waals surface area (Å²) in [7, 11) is -3.89. The SMILES string of the molecule is CC(C)CCn1c(=O)/c(=C2\Nc3ccccc3S(=O)(=O)N2)c(=O)c2cccn21. The standard InChI is InChI=1S/C19H20N4O4S/c1-12(2)9-11-23-19(25)16(17(24)14-7-5-10-22(14)23)18-20-13-6-3-4-8-15(13)28(26,27)21-18/h3-8,10,12,20-21H,9,11H2,1-2H3/b18-16+. The smallest absolute Gasteiger partial charge is 0.280 e. The van der Waals surface area contributed by atoms with E-state index in [0.717, 1.165) is 6.42 Å². The number of para-hydroxylation sites is 1. The van der Waals surface area contributed by atoms with Gasteiger partial charge >= 0.3 is 0 Å². The van der Waals surface area contributed by atoms with Crippen LogP contribution in [0.2, 0.25) is 0 Å². The molecule has 0 amide bonds. The first-order valence-electron chi connectivity index (χ1n) is 8.97. The van der Waals surface area contributed by atoms with Crippen molar-refractivity contribution in [2.75, 3.05) is 5.32 Å². The van der Waals surface area contributed by atoms with Crippen LogP contribution < -0.4 is 26.2 Å². The lowest BCUT2D eigenvalue weighted by atomic mass is 10.1. The fourth-order valence-corrected chi connectivity index (χ4v) is 4.49. The summed E-state index contributed by atoms with van der Waals surface area (Å²) >= 11 is 0. The Balaban J connectivity index is 2.05. The number of hydrogen-bond donors (Lipinski definition) is 2. The van der Waals surface area contributed by atoms with Crippen LogP contribution in [-0.4, -0.2) is 17.6 Å². The molecule has 0 fully saturated rings. The van der Waals surface area contributed by atoms with Crippen molar-refractivity contribution >= 4 is 27.0 Å². The van der Waals surface area contributed by atoms with Crippen molar-refractivity contribution in [3.8, 4) is 0 Å². The van der Waals surface area contributed by atoms with Crippen LogP contribution in [0.4, 0.5) is 5.69 Å². The van der Waals surface area contributed by atoms with Crippen LogP contribution in [0, 0.1) is 5.92 Å². The molecule has 0 unspecified atom stereocenters. The number of anilines is 1. The van der Waals surface area contributed by atoms with Gasteiger partial charge in [0.15, 0.2) is 0 Å². The summed E-state index contributed by atoms with van der Waals surface area (Å²) in [6.07, 6.45) is 2.39. The van der Waals surface area contributed by atoms with E-state index in [9.17, 15) is 18.0 Å². The third-order valence-corrected chi connectivity index (χ3v) is 6.15. The number of hydrogen-bond acceptors (Lipinski definition) is 5. The molecule has 0 aliphatic carbocycles. The Kier molecular flexibility index (Phi) is 4.26. The first-order valence-corrected chi connectivity index (χ1v) is 10.5. The lowest BCUT2D eigenvalue weighted by Gasteiger charge is -2.22. The Morgan fingerprint density at radius 1 is 1.07 bits per heavy atom. The average Bonchev–Trinajstić information content (AvgIpc) is 3.11. The lowest BCUT2D eigenvalue weighted by molar-refractivity contribution is 0.455. The molecule has 8 nitrogen and oxygen atoms in total. The van der Waals surface area contributed by atoms with E-state index in [2.05, 4.69) is 10.0 Å². The summed E-state index contributed by atoms with van der Waals surface area (Å²) in [4.78, 5) is 26.2. The minimum absolute atomic E-state index is 0.0649. The van der Waals surface area contributed by atoms with Crippen molar-refractivity contribution in [3.63, 3.8) is 0 Å². The van der Waals surface area contributed by atoms with Gasteiger partial charge in [-0.2, -0.15) is 0 Å². The van der Waals surface area contributed by atoms with Crippen molar-refractivity contribution in [1.82, 2.24) is 13.9 Å². The second-order valence-electron chi connectivity index (χ2n) is 7.15. The van der Waals surface area contributed by atoms with Crippen molar-refractivity contribution in [2.45, 2.75) is 31.7 Å². The van der Waals surface area contributed by atoms with Gasteiger partial charge in [-0.1, -0.05) is 26.0 Å². The molecule has 146 valence electrons. The third-order valence-electron chi connectivity index (χ3n) is 4.74. The van der Waals surface area contributed by atoms with Gasteiger partial charge in [0.05, 0.1) is 5.69 Å². The molecule has 0 atom stereocenters. The molecule has 2 N–H and O–H groups in total. The van der Waals surface area contributed by atoms with Gasteiger partial charge < -0.3 is 5.32 Å². The molecule has 1 aliphatic heterocycles. The van der Waals surface area contributed by atoms with Crippen LogP contribution in [0.25, 0.3) is 11.3 Å². The fourth-order valence-electron chi connectivity index (χ4n) is 3.29. The lowest BCUT2D eigenvalue weighted by Crippen LogP contribution is -2.52. The molecule has 0 radical (unpaired) electrons. The number of fused-ring (bicyclic) bond motifs is 2. The first-order chi connectivity index (χ1) is 13.3. The van der Waals surface area contributed by atoms with E-state index < -0.39 is 21.0 Å². The Morgan fingerprint density at radius 2 is 1.82 bits per heavy atom. The molecule has 9 heteroatoms. The molecule has 2 aromatic heterocycles. The number of aryl methyl sites for hydroxylation is 1. The monoisotopic (exact) mass is 400 g/mol. The Hall–Kier alpha value is -3.07. The highest BCUT2D eigenvalue weighted by Crippen LogP contribution is 2.26. The van der Waals surface area contributed by atoms with Gasteiger partial charge in [0, 0.05) is 12.7 Å². The number of sulfonamides is 1. The number of aromatic nitrogens is 2. The maximum absolute atomic E-state index is 13.2. The Bertz CT molecular complexity index is 1350. The van der Waals surface area contributed by atoms with Gasteiger partial charge in [0.25, 0.3) is 15.6 Å². The zero-order valence-corrected chi connectivity index (χ0v) is 16.3. The van der Waals surface area contributed by atoms with Gasteiger partial charge in [0.1, 0.15) is 21.5 Å². The second kappa shape index (κ2) is 6.52. The highest BCUT2D eigenvalue weighted by molar-refractivity contribution is 7.90. The summed E-state index contributed by atoms with van der Waals surface area (Å²) in [5, 5.41) is 2.69. The number of nitrogens with one attached hydrogen (secondary N) is 2. The highest BCUT2D eigenvalue weighted by atomic mass is 32.2. The van der Waals surface area contributed by atoms with Gasteiger partial charge in [-0.05, 0) is 36.6 Å². The third kappa shape index (κ3) is 2.88. The molecule has 0 spiro atoms. The summed E-state index contributed by atoms with van der Waals surface area (Å²) in [5.74, 6) is 0.245. The zero-order chi connectivity index (χ0) is 20.1. The molecule has 3 heterocycles. The van der Waals surface area contributed by atoms with E-state index >= 15 is 0 Å². The topological polar surface area (TPSA) is 102 Å². The van der Waals surface area contributed by atoms with Gasteiger partial charge in [-0.25, -0.2) is 13.1 Å². The quantitative estimate of drug-likeness (QED) is 0.674. The molecule has 0 saturated heterocycles. The van der Waals surface area contributed by atoms with Crippen molar-refractivity contribution in [1.29, 1.82) is 0 Å². The normalized spacial score (nSPS) is 17.2. The second-order valence-corrected chi connectivity index (χ2v) is 8.81. The van der Waals surface area contributed by atoms with E-state index in [-0.39, 0.29) is 15.9 Å². The first kappa shape index (κ1) is 18.3. The average molecular weight is 400 g/mol.